The van der Waals surface area contributed by atoms with Crippen molar-refractivity contribution >= 4 is 35.0 Å². The molecule has 150 valence electrons. The average Bonchev–Trinajstić information content (AvgIpc) is 2.66. The molecule has 0 aliphatic rings. The van der Waals surface area contributed by atoms with Gasteiger partial charge in [-0.15, -0.1) is 0 Å². The smallest absolute Gasteiger partial charge is 0.261 e. The van der Waals surface area contributed by atoms with Crippen LogP contribution >= 0.6 is 23.2 Å². The molecule has 28 heavy (non-hydrogen) atoms. The molecule has 1 N–H and O–H groups in total. The van der Waals surface area contributed by atoms with Gasteiger partial charge in [-0.05, 0) is 50.6 Å². The Labute approximate surface area is 175 Å². The van der Waals surface area contributed by atoms with Gasteiger partial charge in [-0.2, -0.15) is 0 Å². The number of aryl methyl sites for hydroxylation is 1. The van der Waals surface area contributed by atoms with Gasteiger partial charge in [-0.1, -0.05) is 41.4 Å². The summed E-state index contributed by atoms with van der Waals surface area (Å²) in [5, 5.41) is 3.61. The summed E-state index contributed by atoms with van der Waals surface area (Å²) in [5.41, 5.74) is 1.62. The Morgan fingerprint density at radius 2 is 1.79 bits per heavy atom. The minimum absolute atomic E-state index is 0.104. The monoisotopic (exact) mass is 422 g/mol. The zero-order chi connectivity index (χ0) is 20.7. The topological polar surface area (TPSA) is 58.6 Å². The molecule has 2 aromatic carbocycles. The van der Waals surface area contributed by atoms with Crippen LogP contribution in [0.5, 0.6) is 5.75 Å². The molecule has 0 aliphatic heterocycles. The summed E-state index contributed by atoms with van der Waals surface area (Å²) >= 11 is 12.5. The summed E-state index contributed by atoms with van der Waals surface area (Å²) in [6, 6.07) is 11.8. The third kappa shape index (κ3) is 5.88. The molecule has 0 radical (unpaired) electrons. The largest absolute Gasteiger partial charge is 0.484 e. The first-order valence-corrected chi connectivity index (χ1v) is 9.78. The lowest BCUT2D eigenvalue weighted by Gasteiger charge is -2.29. The highest BCUT2D eigenvalue weighted by Crippen LogP contribution is 2.26. The molecular formula is C21H24Cl2N2O3. The van der Waals surface area contributed by atoms with Gasteiger partial charge in [0.2, 0.25) is 5.91 Å². The number of nitrogens with one attached hydrogen (secondary N) is 1. The van der Waals surface area contributed by atoms with E-state index in [9.17, 15) is 9.59 Å². The van der Waals surface area contributed by atoms with Gasteiger partial charge in [-0.25, -0.2) is 0 Å². The molecule has 2 rings (SSSR count). The quantitative estimate of drug-likeness (QED) is 0.691. The first-order chi connectivity index (χ1) is 13.3. The van der Waals surface area contributed by atoms with Crippen molar-refractivity contribution in [3.8, 4) is 5.75 Å². The maximum atomic E-state index is 12.9. The van der Waals surface area contributed by atoms with E-state index in [1.807, 2.05) is 32.0 Å². The Morgan fingerprint density at radius 1 is 1.14 bits per heavy atom. The number of benzene rings is 2. The maximum Gasteiger partial charge on any atom is 0.261 e. The van der Waals surface area contributed by atoms with E-state index in [0.717, 1.165) is 5.56 Å². The Kier molecular flexibility index (Phi) is 8.15. The lowest BCUT2D eigenvalue weighted by molar-refractivity contribution is -0.142. The predicted molar refractivity (Wildman–Crippen MR) is 112 cm³/mol. The van der Waals surface area contributed by atoms with E-state index in [0.29, 0.717) is 27.9 Å². The molecule has 0 heterocycles. The van der Waals surface area contributed by atoms with Gasteiger partial charge in [0, 0.05) is 28.7 Å². The van der Waals surface area contributed by atoms with Crippen molar-refractivity contribution in [1.29, 1.82) is 0 Å². The lowest BCUT2D eigenvalue weighted by atomic mass is 10.1. The number of rotatable bonds is 8. The molecular weight excluding hydrogens is 399 g/mol. The first kappa shape index (κ1) is 22.1. The lowest BCUT2D eigenvalue weighted by Crippen LogP contribution is -2.49. The number of carbonyl (C=O) groups is 2. The number of likely N-dealkylation sites (N-methyl/N-ethyl adjacent to an activating group) is 1. The SMILES string of the molecule is CCNC(=O)[C@H](C)N(Cc1c(Cl)cccc1Cl)C(=O)COc1cccc(C)c1. The van der Waals surface area contributed by atoms with Crippen LogP contribution in [-0.4, -0.2) is 35.9 Å². The third-order valence-corrected chi connectivity index (χ3v) is 4.97. The molecule has 7 heteroatoms. The molecule has 0 fully saturated rings. The number of amides is 2. The van der Waals surface area contributed by atoms with E-state index >= 15 is 0 Å². The maximum absolute atomic E-state index is 12.9. The van der Waals surface area contributed by atoms with E-state index in [2.05, 4.69) is 5.32 Å². The molecule has 0 saturated carbocycles. The second kappa shape index (κ2) is 10.3. The van der Waals surface area contributed by atoms with Crippen molar-refractivity contribution < 1.29 is 14.3 Å². The second-order valence-electron chi connectivity index (χ2n) is 6.40. The van der Waals surface area contributed by atoms with Gasteiger partial charge in [0.15, 0.2) is 6.61 Å². The standard InChI is InChI=1S/C21H24Cl2N2O3/c1-4-24-21(27)15(3)25(12-17-18(22)9-6-10-19(17)23)20(26)13-28-16-8-5-7-14(2)11-16/h5-11,15H,4,12-13H2,1-3H3,(H,24,27)/t15-/m0/s1. The van der Waals surface area contributed by atoms with Crippen LogP contribution in [-0.2, 0) is 16.1 Å². The fourth-order valence-electron chi connectivity index (χ4n) is 2.69. The van der Waals surface area contributed by atoms with Crippen LogP contribution in [0.25, 0.3) is 0 Å². The van der Waals surface area contributed by atoms with Gasteiger partial charge in [0.05, 0.1) is 0 Å². The van der Waals surface area contributed by atoms with Crippen LogP contribution < -0.4 is 10.1 Å². The van der Waals surface area contributed by atoms with Crippen LogP contribution in [0.4, 0.5) is 0 Å². The van der Waals surface area contributed by atoms with Crippen molar-refractivity contribution in [2.75, 3.05) is 13.2 Å². The van der Waals surface area contributed by atoms with E-state index < -0.39 is 6.04 Å². The molecule has 2 aromatic rings. The highest BCUT2D eigenvalue weighted by molar-refractivity contribution is 6.36. The highest BCUT2D eigenvalue weighted by atomic mass is 35.5. The Balaban J connectivity index is 2.21. The molecule has 0 spiro atoms. The molecule has 5 nitrogen and oxygen atoms in total. The summed E-state index contributed by atoms with van der Waals surface area (Å²) in [6.45, 7) is 5.81. The first-order valence-electron chi connectivity index (χ1n) is 9.03. The molecule has 0 aliphatic carbocycles. The van der Waals surface area contributed by atoms with E-state index in [4.69, 9.17) is 27.9 Å². The molecule has 0 unspecified atom stereocenters. The summed E-state index contributed by atoms with van der Waals surface area (Å²) in [6.07, 6.45) is 0. The van der Waals surface area contributed by atoms with Crippen LogP contribution in [0.1, 0.15) is 25.0 Å². The number of carbonyl (C=O) groups excluding carboxylic acids is 2. The Hall–Kier alpha value is -2.24. The minimum Gasteiger partial charge on any atom is -0.484 e. The number of hydrogen-bond donors (Lipinski definition) is 1. The minimum atomic E-state index is -0.708. The van der Waals surface area contributed by atoms with Gasteiger partial charge in [-0.3, -0.25) is 9.59 Å². The molecule has 0 bridgehead atoms. The van der Waals surface area contributed by atoms with Crippen molar-refractivity contribution in [2.24, 2.45) is 0 Å². The van der Waals surface area contributed by atoms with Crippen LogP contribution in [0.2, 0.25) is 10.0 Å². The van der Waals surface area contributed by atoms with Gasteiger partial charge < -0.3 is 15.0 Å². The molecule has 0 saturated heterocycles. The van der Waals surface area contributed by atoms with Crippen LogP contribution in [0, 0.1) is 6.92 Å². The fraction of sp³-hybridized carbons (Fsp3) is 0.333. The number of nitrogens with zero attached hydrogens (tertiary/aromatic N) is 1. The van der Waals surface area contributed by atoms with Crippen LogP contribution in [0.15, 0.2) is 42.5 Å². The van der Waals surface area contributed by atoms with Gasteiger partial charge >= 0.3 is 0 Å². The van der Waals surface area contributed by atoms with E-state index in [-0.39, 0.29) is 25.0 Å². The summed E-state index contributed by atoms with van der Waals surface area (Å²) in [7, 11) is 0. The van der Waals surface area contributed by atoms with E-state index in [1.54, 1.807) is 31.2 Å². The third-order valence-electron chi connectivity index (χ3n) is 4.26. The van der Waals surface area contributed by atoms with Crippen molar-refractivity contribution in [3.05, 3.63) is 63.6 Å². The normalized spacial score (nSPS) is 11.6. The zero-order valence-corrected chi connectivity index (χ0v) is 17.7. The van der Waals surface area contributed by atoms with Crippen LogP contribution in [0.3, 0.4) is 0 Å². The molecule has 0 aromatic heterocycles. The molecule has 2 amide bonds. The van der Waals surface area contributed by atoms with Crippen molar-refractivity contribution in [3.63, 3.8) is 0 Å². The van der Waals surface area contributed by atoms with Gasteiger partial charge in [0.25, 0.3) is 5.91 Å². The number of halogens is 2. The Morgan fingerprint density at radius 3 is 2.39 bits per heavy atom. The predicted octanol–water partition coefficient (Wildman–Crippen LogP) is 4.23. The number of ether oxygens (including phenoxy) is 1. The summed E-state index contributed by atoms with van der Waals surface area (Å²) in [4.78, 5) is 26.7. The summed E-state index contributed by atoms with van der Waals surface area (Å²) in [5.74, 6) is 0.000524. The Bertz CT molecular complexity index is 822. The highest BCUT2D eigenvalue weighted by Gasteiger charge is 2.27. The second-order valence-corrected chi connectivity index (χ2v) is 7.21. The van der Waals surface area contributed by atoms with Crippen molar-refractivity contribution in [1.82, 2.24) is 10.2 Å². The average molecular weight is 423 g/mol. The summed E-state index contributed by atoms with van der Waals surface area (Å²) < 4.78 is 5.63. The fourth-order valence-corrected chi connectivity index (χ4v) is 3.21. The number of hydrogen-bond acceptors (Lipinski definition) is 3. The molecule has 1 atom stereocenters. The zero-order valence-electron chi connectivity index (χ0n) is 16.2. The van der Waals surface area contributed by atoms with Gasteiger partial charge in [0.1, 0.15) is 11.8 Å². The van der Waals surface area contributed by atoms with E-state index in [1.165, 1.54) is 4.90 Å². The van der Waals surface area contributed by atoms with Crippen molar-refractivity contribution in [2.45, 2.75) is 33.4 Å².